The van der Waals surface area contributed by atoms with Crippen LogP contribution in [0.5, 0.6) is 5.75 Å². The lowest BCUT2D eigenvalue weighted by molar-refractivity contribution is -0.165. The van der Waals surface area contributed by atoms with Crippen molar-refractivity contribution in [3.63, 3.8) is 0 Å². The molecule has 35 heavy (non-hydrogen) atoms. The molecule has 1 fully saturated rings. The van der Waals surface area contributed by atoms with Crippen LogP contribution in [-0.4, -0.2) is 69.2 Å². The van der Waals surface area contributed by atoms with E-state index in [1.165, 1.54) is 13.2 Å². The quantitative estimate of drug-likeness (QED) is 0.630. The van der Waals surface area contributed by atoms with Crippen LogP contribution in [0, 0.1) is 0 Å². The van der Waals surface area contributed by atoms with E-state index < -0.39 is 12.2 Å². The molecule has 4 heterocycles. The Morgan fingerprint density at radius 3 is 2.54 bits per heavy atom. The molecule has 6 nitrogen and oxygen atoms in total. The van der Waals surface area contributed by atoms with E-state index in [1.54, 1.807) is 6.20 Å². The summed E-state index contributed by atoms with van der Waals surface area (Å²) in [6.07, 6.45) is 0.956. The summed E-state index contributed by atoms with van der Waals surface area (Å²) in [5.74, 6) is 1.37. The van der Waals surface area contributed by atoms with Gasteiger partial charge in [0.25, 0.3) is 0 Å². The average molecular weight is 508 g/mol. The number of likely N-dealkylation sites (N-methyl/N-ethyl adjacent to an activating group) is 1. The summed E-state index contributed by atoms with van der Waals surface area (Å²) in [5.41, 5.74) is 4.15. The summed E-state index contributed by atoms with van der Waals surface area (Å²) >= 11 is 1.87. The van der Waals surface area contributed by atoms with Crippen molar-refractivity contribution in [1.82, 2.24) is 24.9 Å². The summed E-state index contributed by atoms with van der Waals surface area (Å²) < 4.78 is 49.0. The Balaban J connectivity index is 1.40. The molecule has 10 heteroatoms. The molecule has 1 aromatic heterocycles. The maximum atomic E-state index is 13.7. The van der Waals surface area contributed by atoms with Crippen molar-refractivity contribution >= 4 is 17.3 Å². The number of nitrogens with zero attached hydrogens (tertiary/aromatic N) is 4. The topological polar surface area (TPSA) is 45.6 Å². The van der Waals surface area contributed by atoms with Crippen molar-refractivity contribution in [3.05, 3.63) is 36.3 Å². The van der Waals surface area contributed by atoms with Crippen molar-refractivity contribution in [2.45, 2.75) is 68.1 Å². The first kappa shape index (κ1) is 24.5. The molecule has 0 bridgehead atoms. The van der Waals surface area contributed by atoms with Crippen molar-refractivity contribution in [1.29, 1.82) is 0 Å². The fraction of sp³-hybridized carbons (Fsp3) is 0.560. The zero-order valence-corrected chi connectivity index (χ0v) is 21.3. The first-order chi connectivity index (χ1) is 16.5. The van der Waals surface area contributed by atoms with Gasteiger partial charge in [-0.05, 0) is 64.9 Å². The third-order valence-electron chi connectivity index (χ3n) is 6.96. The third kappa shape index (κ3) is 4.93. The van der Waals surface area contributed by atoms with Crippen LogP contribution in [0.25, 0.3) is 17.0 Å². The zero-order valence-electron chi connectivity index (χ0n) is 20.5. The standard InChI is InChI=1S/C25H32F3N5OS/c1-24(2,3)33-9-7-16(8-10-33)35-17-5-6-21-18(13-17)23-30-20(15-32(23)11-12-34-21)19-14-29-31(4)22(19)25(26,27)28/h5-6,13-16,22,29H,7-12H2,1-4H3. The number of likely N-dealkylation sites (tertiary alicyclic amines) is 1. The van der Waals surface area contributed by atoms with Gasteiger partial charge in [-0.15, -0.1) is 11.8 Å². The number of imidazole rings is 1. The van der Waals surface area contributed by atoms with Gasteiger partial charge in [0.2, 0.25) is 0 Å². The maximum absolute atomic E-state index is 13.7. The number of rotatable bonds is 3. The molecule has 5 rings (SSSR count). The second-order valence-electron chi connectivity index (χ2n) is 10.4. The third-order valence-corrected chi connectivity index (χ3v) is 8.29. The summed E-state index contributed by atoms with van der Waals surface area (Å²) in [4.78, 5) is 8.36. The normalized spacial score (nSPS) is 22.1. The summed E-state index contributed by atoms with van der Waals surface area (Å²) in [5, 5.41) is 1.60. The van der Waals surface area contributed by atoms with Gasteiger partial charge in [0.15, 0.2) is 6.04 Å². The Morgan fingerprint density at radius 2 is 1.86 bits per heavy atom. The Bertz CT molecular complexity index is 1120. The highest BCUT2D eigenvalue weighted by atomic mass is 32.2. The molecule has 1 saturated heterocycles. The fourth-order valence-corrected chi connectivity index (χ4v) is 6.22. The molecular formula is C25H32F3N5OS. The van der Waals surface area contributed by atoms with Gasteiger partial charge < -0.3 is 14.7 Å². The van der Waals surface area contributed by atoms with Crippen molar-refractivity contribution < 1.29 is 17.9 Å². The summed E-state index contributed by atoms with van der Waals surface area (Å²) in [6, 6.07) is 4.39. The second-order valence-corrected chi connectivity index (χ2v) is 11.8. The molecule has 3 aliphatic rings. The van der Waals surface area contributed by atoms with E-state index in [1.807, 2.05) is 22.4 Å². The molecule has 1 N–H and O–H groups in total. The predicted octanol–water partition coefficient (Wildman–Crippen LogP) is 5.02. The number of nitrogens with one attached hydrogen (secondary N) is 1. The minimum absolute atomic E-state index is 0.124. The van der Waals surface area contributed by atoms with Gasteiger partial charge in [-0.25, -0.2) is 9.99 Å². The number of fused-ring (bicyclic) bond motifs is 3. The smallest absolute Gasteiger partial charge is 0.409 e. The highest BCUT2D eigenvalue weighted by molar-refractivity contribution is 8.00. The monoisotopic (exact) mass is 507 g/mol. The molecular weight excluding hydrogens is 475 g/mol. The van der Waals surface area contributed by atoms with E-state index in [4.69, 9.17) is 4.74 Å². The van der Waals surface area contributed by atoms with Crippen LogP contribution < -0.4 is 10.2 Å². The number of hydrazine groups is 1. The van der Waals surface area contributed by atoms with E-state index in [0.717, 1.165) is 47.1 Å². The van der Waals surface area contributed by atoms with Crippen LogP contribution in [-0.2, 0) is 6.54 Å². The van der Waals surface area contributed by atoms with E-state index in [2.05, 4.69) is 48.2 Å². The van der Waals surface area contributed by atoms with E-state index in [9.17, 15) is 13.2 Å². The molecule has 0 radical (unpaired) electrons. The number of thioether (sulfide) groups is 1. The Hall–Kier alpha value is -2.17. The predicted molar refractivity (Wildman–Crippen MR) is 132 cm³/mol. The molecule has 190 valence electrons. The van der Waals surface area contributed by atoms with E-state index in [0.29, 0.717) is 29.9 Å². The van der Waals surface area contributed by atoms with Gasteiger partial charge in [-0.2, -0.15) is 13.2 Å². The van der Waals surface area contributed by atoms with Crippen molar-refractivity contribution in [2.24, 2.45) is 0 Å². The van der Waals surface area contributed by atoms with Crippen molar-refractivity contribution in [3.8, 4) is 17.1 Å². The minimum Gasteiger partial charge on any atom is -0.491 e. The molecule has 1 aromatic carbocycles. The van der Waals surface area contributed by atoms with Crippen LogP contribution in [0.3, 0.4) is 0 Å². The van der Waals surface area contributed by atoms with Crippen LogP contribution in [0.15, 0.2) is 35.5 Å². The highest BCUT2D eigenvalue weighted by Gasteiger charge is 2.48. The number of aromatic nitrogens is 2. The number of benzene rings is 1. The summed E-state index contributed by atoms with van der Waals surface area (Å²) in [7, 11) is 1.39. The Kier molecular flexibility index (Phi) is 6.34. The lowest BCUT2D eigenvalue weighted by Crippen LogP contribution is -2.46. The molecule has 3 aliphatic heterocycles. The minimum atomic E-state index is -4.40. The molecule has 1 unspecified atom stereocenters. The first-order valence-corrected chi connectivity index (χ1v) is 12.9. The number of hydrogen-bond acceptors (Lipinski definition) is 6. The second kappa shape index (κ2) is 9.05. The van der Waals surface area contributed by atoms with Crippen LogP contribution in [0.4, 0.5) is 13.2 Å². The summed E-state index contributed by atoms with van der Waals surface area (Å²) in [6.45, 7) is 9.91. The van der Waals surface area contributed by atoms with Gasteiger partial charge in [-0.1, -0.05) is 0 Å². The van der Waals surface area contributed by atoms with Gasteiger partial charge in [0, 0.05) is 40.7 Å². The Morgan fingerprint density at radius 1 is 1.11 bits per heavy atom. The van der Waals surface area contributed by atoms with E-state index >= 15 is 0 Å². The van der Waals surface area contributed by atoms with Gasteiger partial charge >= 0.3 is 6.18 Å². The number of alkyl halides is 3. The number of ether oxygens (including phenoxy) is 1. The highest BCUT2D eigenvalue weighted by Crippen LogP contribution is 2.41. The molecule has 0 saturated carbocycles. The largest absolute Gasteiger partial charge is 0.491 e. The lowest BCUT2D eigenvalue weighted by Gasteiger charge is -2.40. The Labute approximate surface area is 208 Å². The van der Waals surface area contributed by atoms with Gasteiger partial charge in [0.1, 0.15) is 18.2 Å². The van der Waals surface area contributed by atoms with Crippen molar-refractivity contribution in [2.75, 3.05) is 26.7 Å². The number of hydrogen-bond donors (Lipinski definition) is 1. The number of halogens is 3. The SMILES string of the molecule is CN1NC=C(c2cn3c(n2)-c2cc(SC4CCN(C(C)(C)C)CC4)ccc2OCC3)C1C(F)(F)F. The fourth-order valence-electron chi connectivity index (χ4n) is 5.06. The first-order valence-electron chi connectivity index (χ1n) is 12.0. The maximum Gasteiger partial charge on any atom is 0.409 e. The van der Waals surface area contributed by atoms with E-state index in [-0.39, 0.29) is 11.1 Å². The van der Waals surface area contributed by atoms with Crippen LogP contribution >= 0.6 is 11.8 Å². The zero-order chi connectivity index (χ0) is 25.0. The van der Waals surface area contributed by atoms with Crippen LogP contribution in [0.1, 0.15) is 39.3 Å². The number of piperidine rings is 1. The molecule has 2 aromatic rings. The van der Waals surface area contributed by atoms with Gasteiger partial charge in [-0.3, -0.25) is 4.90 Å². The van der Waals surface area contributed by atoms with Gasteiger partial charge in [0.05, 0.1) is 17.8 Å². The molecule has 0 spiro atoms. The van der Waals surface area contributed by atoms with Crippen LogP contribution in [0.2, 0.25) is 0 Å². The lowest BCUT2D eigenvalue weighted by atomic mass is 10.0. The molecule has 0 aliphatic carbocycles. The molecule has 0 amide bonds. The molecule has 1 atom stereocenters. The average Bonchev–Trinajstić information content (AvgIpc) is 3.33.